The van der Waals surface area contributed by atoms with Gasteiger partial charge in [-0.15, -0.1) is 0 Å². The highest BCUT2D eigenvalue weighted by atomic mass is 31.2. The lowest BCUT2D eigenvalue weighted by molar-refractivity contribution is -0.161. The summed E-state index contributed by atoms with van der Waals surface area (Å²) in [5.41, 5.74) is 0. The Morgan fingerprint density at radius 1 is 0.308 bits per heavy atom. The van der Waals surface area contributed by atoms with Crippen molar-refractivity contribution in [2.24, 2.45) is 23.7 Å². The number of aliphatic hydroxyl groups is 1. The second-order valence-electron chi connectivity index (χ2n) is 27.4. The summed E-state index contributed by atoms with van der Waals surface area (Å²) >= 11 is 0. The Morgan fingerprint density at radius 2 is 0.527 bits per heavy atom. The van der Waals surface area contributed by atoms with E-state index in [0.717, 1.165) is 114 Å². The normalized spacial score (nSPS) is 14.8. The lowest BCUT2D eigenvalue weighted by Crippen LogP contribution is -2.30. The van der Waals surface area contributed by atoms with Crippen molar-refractivity contribution in [3.63, 3.8) is 0 Å². The Kier molecular flexibility index (Phi) is 60.3. The molecule has 7 atom stereocenters. The average molecular weight is 1340 g/mol. The van der Waals surface area contributed by atoms with E-state index in [1.165, 1.54) is 154 Å². The Morgan fingerprint density at radius 3 is 0.780 bits per heavy atom. The number of phosphoric acid groups is 2. The predicted octanol–water partition coefficient (Wildman–Crippen LogP) is 20.5. The van der Waals surface area contributed by atoms with Crippen LogP contribution in [0.25, 0.3) is 0 Å². The maximum atomic E-state index is 13.0. The second kappa shape index (κ2) is 61.6. The number of carbonyl (C=O) groups excluding carboxylic acids is 4. The van der Waals surface area contributed by atoms with Crippen LogP contribution >= 0.6 is 15.6 Å². The lowest BCUT2D eigenvalue weighted by atomic mass is 9.99. The number of rotatable bonds is 69. The number of phosphoric ester groups is 2. The number of aliphatic hydroxyl groups excluding tert-OH is 1. The van der Waals surface area contributed by atoms with E-state index in [4.69, 9.17) is 37.0 Å². The van der Waals surface area contributed by atoms with Gasteiger partial charge in [-0.1, -0.05) is 306 Å². The number of hydrogen-bond donors (Lipinski definition) is 3. The van der Waals surface area contributed by atoms with E-state index in [1.807, 2.05) is 0 Å². The van der Waals surface area contributed by atoms with Gasteiger partial charge in [-0.2, -0.15) is 0 Å². The summed E-state index contributed by atoms with van der Waals surface area (Å²) in [5.74, 6) is 0.916. The second-order valence-corrected chi connectivity index (χ2v) is 30.3. The largest absolute Gasteiger partial charge is 0.472 e. The van der Waals surface area contributed by atoms with Crippen LogP contribution in [0.2, 0.25) is 0 Å². The summed E-state index contributed by atoms with van der Waals surface area (Å²) in [6, 6.07) is 0. The Hall–Kier alpha value is -1.94. The van der Waals surface area contributed by atoms with Crippen molar-refractivity contribution in [2.45, 2.75) is 375 Å². The standard InChI is InChI=1S/C72H140O17P2/c1-9-64(7)50-42-34-25-19-16-17-20-27-36-44-52-69(74)82-58-67(88-71(76)54-46-38-28-21-15-13-11-12-14-18-24-32-40-48-62(3)4)60-86-90(78,79)84-56-66(73)57-85-91(80,81)87-61-68(59-83-70(75)53-45-37-31-30-33-41-49-63(5)6)89-72(77)55-47-39-29-23-22-26-35-43-51-65(8)10-2/h62-68,73H,9-61H2,1-8H3,(H,78,79)(H,80,81)/t64?,65?,66-,67-,68-/m1/s1. The van der Waals surface area contributed by atoms with Gasteiger partial charge in [0.05, 0.1) is 26.4 Å². The summed E-state index contributed by atoms with van der Waals surface area (Å²) in [7, 11) is -9.91. The molecule has 0 aliphatic rings. The number of unbranched alkanes of at least 4 members (excludes halogenated alkanes) is 33. The van der Waals surface area contributed by atoms with Crippen molar-refractivity contribution in [1.82, 2.24) is 0 Å². The molecule has 0 aliphatic carbocycles. The van der Waals surface area contributed by atoms with Gasteiger partial charge >= 0.3 is 39.5 Å². The molecule has 3 N–H and O–H groups in total. The van der Waals surface area contributed by atoms with Gasteiger partial charge in [-0.05, 0) is 49.4 Å². The van der Waals surface area contributed by atoms with Gasteiger partial charge < -0.3 is 33.8 Å². The topological polar surface area (TPSA) is 237 Å². The van der Waals surface area contributed by atoms with Gasteiger partial charge in [-0.3, -0.25) is 37.3 Å². The van der Waals surface area contributed by atoms with Crippen LogP contribution < -0.4 is 0 Å². The van der Waals surface area contributed by atoms with Crippen LogP contribution in [-0.2, 0) is 65.4 Å². The molecule has 0 spiro atoms. The molecule has 91 heavy (non-hydrogen) atoms. The minimum absolute atomic E-state index is 0.103. The Balaban J connectivity index is 5.26. The van der Waals surface area contributed by atoms with Crippen molar-refractivity contribution >= 4 is 39.5 Å². The van der Waals surface area contributed by atoms with Crippen LogP contribution in [0.15, 0.2) is 0 Å². The molecule has 0 aromatic carbocycles. The molecule has 0 radical (unpaired) electrons. The molecule has 0 rings (SSSR count). The van der Waals surface area contributed by atoms with Crippen LogP contribution in [-0.4, -0.2) is 96.7 Å². The summed E-state index contributed by atoms with van der Waals surface area (Å²) in [5, 5.41) is 10.6. The zero-order valence-electron chi connectivity index (χ0n) is 59.5. The van der Waals surface area contributed by atoms with E-state index in [-0.39, 0.29) is 25.7 Å². The number of ether oxygens (including phenoxy) is 4. The van der Waals surface area contributed by atoms with Crippen LogP contribution in [0.1, 0.15) is 357 Å². The average Bonchev–Trinajstić information content (AvgIpc) is 3.55. The fourth-order valence-corrected chi connectivity index (χ4v) is 12.4. The summed E-state index contributed by atoms with van der Waals surface area (Å²) in [4.78, 5) is 72.6. The molecule has 0 aromatic rings. The molecule has 0 aliphatic heterocycles. The van der Waals surface area contributed by atoms with Crippen molar-refractivity contribution in [3.05, 3.63) is 0 Å². The van der Waals surface area contributed by atoms with Gasteiger partial charge in [0, 0.05) is 25.7 Å². The molecule has 19 heteroatoms. The van der Waals surface area contributed by atoms with Crippen molar-refractivity contribution in [2.75, 3.05) is 39.6 Å². The fraction of sp³-hybridized carbons (Fsp3) is 0.944. The third-order valence-electron chi connectivity index (χ3n) is 17.3. The minimum Gasteiger partial charge on any atom is -0.462 e. The predicted molar refractivity (Wildman–Crippen MR) is 367 cm³/mol. The monoisotopic (exact) mass is 1340 g/mol. The van der Waals surface area contributed by atoms with E-state index in [0.29, 0.717) is 31.6 Å². The molecule has 540 valence electrons. The first kappa shape index (κ1) is 89.1. The number of esters is 4. The summed E-state index contributed by atoms with van der Waals surface area (Å²) < 4.78 is 68.3. The fourth-order valence-electron chi connectivity index (χ4n) is 10.8. The van der Waals surface area contributed by atoms with Crippen LogP contribution in [0, 0.1) is 23.7 Å². The Bertz CT molecular complexity index is 1800. The highest BCUT2D eigenvalue weighted by Crippen LogP contribution is 2.45. The first-order valence-corrected chi connectivity index (χ1v) is 40.3. The number of hydrogen-bond acceptors (Lipinski definition) is 15. The molecule has 0 saturated carbocycles. The highest BCUT2D eigenvalue weighted by Gasteiger charge is 2.30. The highest BCUT2D eigenvalue weighted by molar-refractivity contribution is 7.47. The smallest absolute Gasteiger partial charge is 0.462 e. The molecular formula is C72H140O17P2. The van der Waals surface area contributed by atoms with Gasteiger partial charge in [0.1, 0.15) is 19.3 Å². The molecule has 4 unspecified atom stereocenters. The maximum Gasteiger partial charge on any atom is 0.472 e. The van der Waals surface area contributed by atoms with Crippen LogP contribution in [0.3, 0.4) is 0 Å². The van der Waals surface area contributed by atoms with E-state index in [9.17, 15) is 43.2 Å². The SMILES string of the molecule is CCC(C)CCCCCCCCCCCCC(=O)OC[C@H](COP(=O)(O)OC[C@@H](O)COP(=O)(O)OC[C@@H](COC(=O)CCCCCCCCC(C)C)OC(=O)CCCCCCCCCCC(C)CC)OC(=O)CCCCCCCCCCCCCCCC(C)C. The van der Waals surface area contributed by atoms with Crippen molar-refractivity contribution in [3.8, 4) is 0 Å². The Labute approximate surface area is 556 Å². The van der Waals surface area contributed by atoms with Gasteiger partial charge in [0.15, 0.2) is 12.2 Å². The lowest BCUT2D eigenvalue weighted by Gasteiger charge is -2.21. The van der Waals surface area contributed by atoms with Gasteiger partial charge in [-0.25, -0.2) is 9.13 Å². The molecule has 0 aromatic heterocycles. The molecule has 0 bridgehead atoms. The quantitative estimate of drug-likeness (QED) is 0.0222. The molecule has 0 fully saturated rings. The van der Waals surface area contributed by atoms with Crippen LogP contribution in [0.5, 0.6) is 0 Å². The third-order valence-corrected chi connectivity index (χ3v) is 19.2. The van der Waals surface area contributed by atoms with Gasteiger partial charge in [0.25, 0.3) is 0 Å². The number of carbonyl (C=O) groups is 4. The zero-order chi connectivity index (χ0) is 67.5. The van der Waals surface area contributed by atoms with E-state index in [2.05, 4.69) is 55.4 Å². The third kappa shape index (κ3) is 63.9. The van der Waals surface area contributed by atoms with Gasteiger partial charge in [0.2, 0.25) is 0 Å². The first-order chi connectivity index (χ1) is 43.7. The molecule has 0 amide bonds. The minimum atomic E-state index is -4.96. The first-order valence-electron chi connectivity index (χ1n) is 37.3. The zero-order valence-corrected chi connectivity index (χ0v) is 61.3. The molecular weight excluding hydrogens is 1200 g/mol. The van der Waals surface area contributed by atoms with E-state index >= 15 is 0 Å². The molecule has 0 heterocycles. The summed E-state index contributed by atoms with van der Waals surface area (Å²) in [6.45, 7) is 14.1. The van der Waals surface area contributed by atoms with Crippen molar-refractivity contribution in [1.29, 1.82) is 0 Å². The maximum absolute atomic E-state index is 13.0. The van der Waals surface area contributed by atoms with Crippen LogP contribution in [0.4, 0.5) is 0 Å². The van der Waals surface area contributed by atoms with E-state index < -0.39 is 97.5 Å². The van der Waals surface area contributed by atoms with E-state index in [1.54, 1.807) is 0 Å². The van der Waals surface area contributed by atoms with Crippen molar-refractivity contribution < 1.29 is 80.2 Å². The molecule has 17 nitrogen and oxygen atoms in total. The molecule has 0 saturated heterocycles. The summed E-state index contributed by atoms with van der Waals surface area (Å²) in [6.07, 6.45) is 44.4.